The summed E-state index contributed by atoms with van der Waals surface area (Å²) in [6.07, 6.45) is 11.2. The van der Waals surface area contributed by atoms with Gasteiger partial charge in [0.1, 0.15) is 42.1 Å². The van der Waals surface area contributed by atoms with Crippen LogP contribution >= 0.6 is 11.3 Å². The fourth-order valence-corrected chi connectivity index (χ4v) is 13.1. The predicted octanol–water partition coefficient (Wildman–Crippen LogP) is 10.1. The normalized spacial score (nSPS) is 18.7. The highest BCUT2D eigenvalue weighted by Gasteiger charge is 2.41. The Labute approximate surface area is 502 Å². The van der Waals surface area contributed by atoms with Gasteiger partial charge in [-0.05, 0) is 129 Å². The Morgan fingerprint density at radius 3 is 2.40 bits per heavy atom. The van der Waals surface area contributed by atoms with Gasteiger partial charge in [0.25, 0.3) is 0 Å². The van der Waals surface area contributed by atoms with Crippen LogP contribution in [0.4, 0.5) is 17.2 Å². The maximum atomic E-state index is 14.0. The first-order chi connectivity index (χ1) is 41.5. The van der Waals surface area contributed by atoms with Gasteiger partial charge in [-0.1, -0.05) is 56.3 Å². The minimum atomic E-state index is -0.687. The summed E-state index contributed by atoms with van der Waals surface area (Å²) in [5.74, 6) is 1.58. The molecule has 4 saturated heterocycles. The summed E-state index contributed by atoms with van der Waals surface area (Å²) in [4.78, 5) is 58.7. The van der Waals surface area contributed by atoms with Crippen molar-refractivity contribution in [2.75, 3.05) is 69.7 Å². The lowest BCUT2D eigenvalue weighted by Crippen LogP contribution is -2.44. The lowest BCUT2D eigenvalue weighted by molar-refractivity contribution is -0.139. The lowest BCUT2D eigenvalue weighted by Gasteiger charge is -2.31. The Hall–Kier alpha value is -7.62. The Morgan fingerprint density at radius 2 is 1.74 bits per heavy atom. The first-order valence-corrected chi connectivity index (χ1v) is 30.7. The highest BCUT2D eigenvalue weighted by Crippen LogP contribution is 2.53. The number of carbonyl (C=O) groups is 3. The number of benzene rings is 4. The smallest absolute Gasteiger partial charge is 0.319 e. The topological polar surface area (TPSA) is 223 Å². The Balaban J connectivity index is 0.000000408. The molecule has 12 rings (SSSR count). The second kappa shape index (κ2) is 27.6. The molecule has 4 unspecified atom stereocenters. The minimum Gasteiger partial charge on any atom is -0.486 e. The molecule has 2 bridgehead atoms. The van der Waals surface area contributed by atoms with Crippen molar-refractivity contribution in [2.24, 2.45) is 11.0 Å². The van der Waals surface area contributed by atoms with Crippen molar-refractivity contribution >= 4 is 64.1 Å². The van der Waals surface area contributed by atoms with Crippen molar-refractivity contribution in [1.82, 2.24) is 40.3 Å². The summed E-state index contributed by atoms with van der Waals surface area (Å²) in [5, 5.41) is 27.1. The number of anilines is 3. The van der Waals surface area contributed by atoms with Gasteiger partial charge < -0.3 is 49.9 Å². The maximum absolute atomic E-state index is 14.0. The molecular formula is C65H80N12O7S. The number of fused-ring (bicyclic) bond motifs is 3. The molecule has 4 atom stereocenters. The largest absolute Gasteiger partial charge is 0.486 e. The van der Waals surface area contributed by atoms with Crippen molar-refractivity contribution in [3.63, 3.8) is 0 Å². The monoisotopic (exact) mass is 1170 g/mol. The number of aryl methyl sites for hydroxylation is 2. The maximum Gasteiger partial charge on any atom is 0.319 e. The zero-order chi connectivity index (χ0) is 59.7. The molecule has 5 fully saturated rings. The first kappa shape index (κ1) is 60.5. The highest BCUT2D eigenvalue weighted by atomic mass is 32.1. The number of likely N-dealkylation sites (tertiary alicyclic amines) is 1. The molecule has 20 heteroatoms. The van der Waals surface area contributed by atoms with Crippen molar-refractivity contribution in [2.45, 2.75) is 129 Å². The number of hydrazone groups is 1. The van der Waals surface area contributed by atoms with Crippen molar-refractivity contribution in [1.29, 1.82) is 0 Å². The van der Waals surface area contributed by atoms with Crippen LogP contribution in [-0.2, 0) is 27.5 Å². The third-order valence-corrected chi connectivity index (χ3v) is 17.7. The SMILES string of the molecule is C/C=N\Nc1ccc(C)c(-c2c(C3CC3)cc3c(N4CC5CC4CN5)nc(OC4CCOCC4)nc3c2OCc2ccc(-c3cn(C(C(=O)N4CCCC4C=O)C(C)C)nc3C=O)c(NC)c2)c1.CNCc1ccc(-c2scnc2C)cc1.CO. The fourth-order valence-electron chi connectivity index (χ4n) is 12.2. The van der Waals surface area contributed by atoms with Crippen LogP contribution in [0.15, 0.2) is 83.5 Å². The number of carbonyl (C=O) groups excluding carboxylic acids is 3. The number of aliphatic hydroxyl groups is 1. The second-order valence-corrected chi connectivity index (χ2v) is 23.6. The second-order valence-electron chi connectivity index (χ2n) is 22.8. The molecule has 0 spiro atoms. The number of ether oxygens (including phenoxy) is 3. The predicted molar refractivity (Wildman–Crippen MR) is 336 cm³/mol. The molecule has 7 heterocycles. The number of hydrogen-bond acceptors (Lipinski definition) is 18. The summed E-state index contributed by atoms with van der Waals surface area (Å²) in [7, 11) is 4.80. The van der Waals surface area contributed by atoms with Crippen LogP contribution in [0.1, 0.15) is 116 Å². The molecule has 5 aliphatic rings. The molecule has 4 aliphatic heterocycles. The van der Waals surface area contributed by atoms with Crippen LogP contribution in [0.25, 0.3) is 43.6 Å². The first-order valence-electron chi connectivity index (χ1n) is 29.8. The van der Waals surface area contributed by atoms with E-state index in [1.807, 2.05) is 71.6 Å². The van der Waals surface area contributed by atoms with Crippen molar-refractivity contribution in [3.05, 3.63) is 112 Å². The minimum absolute atomic E-state index is 0.0635. The number of aldehydes is 2. The van der Waals surface area contributed by atoms with E-state index in [1.165, 1.54) is 21.6 Å². The van der Waals surface area contributed by atoms with Crippen molar-refractivity contribution in [3.8, 4) is 44.5 Å². The summed E-state index contributed by atoms with van der Waals surface area (Å²) in [5.41, 5.74) is 17.9. The van der Waals surface area contributed by atoms with Gasteiger partial charge in [0, 0.05) is 105 Å². The van der Waals surface area contributed by atoms with Crippen LogP contribution in [0.5, 0.6) is 11.8 Å². The van der Waals surface area contributed by atoms with Crippen LogP contribution in [-0.4, -0.2) is 138 Å². The van der Waals surface area contributed by atoms with E-state index in [0.29, 0.717) is 67.0 Å². The molecule has 1 amide bonds. The zero-order valence-corrected chi connectivity index (χ0v) is 50.9. The van der Waals surface area contributed by atoms with Crippen molar-refractivity contribution < 1.29 is 33.7 Å². The number of rotatable bonds is 20. The number of hydrogen-bond donors (Lipinski definition) is 5. The zero-order valence-electron chi connectivity index (χ0n) is 50.1. The molecule has 19 nitrogen and oxygen atoms in total. The van der Waals surface area contributed by atoms with E-state index >= 15 is 0 Å². The number of amides is 1. The average molecular weight is 1170 g/mol. The molecule has 0 radical (unpaired) electrons. The number of aromatic nitrogens is 5. The molecule has 3 aromatic heterocycles. The summed E-state index contributed by atoms with van der Waals surface area (Å²) in [6, 6.07) is 23.2. The Bertz CT molecular complexity index is 3500. The molecular weight excluding hydrogens is 1090 g/mol. The standard InChI is InChI=1S/C52H62N10O6.C12H14N2S.CH4O/c1-6-55-58-34-13-9-31(4)40(22-34)46-41(33-11-12-33)23-42-47(56-52(68-38-15-18-66-19-16-38)57-50(42)61-25-35-21-37(61)24-54-35)49(46)67-29-32-10-14-39(44(20-32)53-5)43-26-62(59-45(43)28-64)48(30(2)3)51(65)60-17-7-8-36(60)27-63;1-9-12(15-8-14-9)11-5-3-10(4-6-11)7-13-2;1-2/h6,9-10,13-14,20,22-23,26-28,30,33,35-38,48,53-54,58H,7-8,11-12,15-19,21,24-25,29H2,1-5H3;3-6,8,13H,7H2,1-2H3;2H,1H3/b55-6-;;. The molecule has 7 aromatic rings. The van der Waals surface area contributed by atoms with E-state index in [1.54, 1.807) is 33.3 Å². The molecule has 448 valence electrons. The van der Waals surface area contributed by atoms with E-state index in [9.17, 15) is 14.4 Å². The van der Waals surface area contributed by atoms with E-state index in [4.69, 9.17) is 29.3 Å². The molecule has 1 aliphatic carbocycles. The van der Waals surface area contributed by atoms with Crippen LogP contribution in [0, 0.1) is 19.8 Å². The fraction of sp³-hybridized carbons (Fsp3) is 0.446. The summed E-state index contributed by atoms with van der Waals surface area (Å²) in [6.45, 7) is 14.6. The third kappa shape index (κ3) is 13.3. The van der Waals surface area contributed by atoms with Gasteiger partial charge in [0.05, 0.1) is 41.0 Å². The number of nitrogens with zero attached hydrogens (tertiary/aromatic N) is 8. The van der Waals surface area contributed by atoms with Gasteiger partial charge in [0.15, 0.2) is 12.0 Å². The van der Waals surface area contributed by atoms with Crippen LogP contribution < -0.4 is 35.7 Å². The Morgan fingerprint density at radius 1 is 0.953 bits per heavy atom. The molecule has 5 N–H and O–H groups in total. The van der Waals surface area contributed by atoms with Gasteiger partial charge in [-0.15, -0.1) is 11.3 Å². The number of piperazine rings is 1. The van der Waals surface area contributed by atoms with E-state index in [0.717, 1.165) is 134 Å². The number of aliphatic hydroxyl groups excluding tert-OH is 1. The average Bonchev–Trinajstić information content (AvgIpc) is 2.08. The van der Waals surface area contributed by atoms with Gasteiger partial charge in [0.2, 0.25) is 5.91 Å². The summed E-state index contributed by atoms with van der Waals surface area (Å²) >= 11 is 1.70. The summed E-state index contributed by atoms with van der Waals surface area (Å²) < 4.78 is 21.2. The Kier molecular flexibility index (Phi) is 19.7. The number of nitrogens with one attached hydrogen (secondary N) is 4. The van der Waals surface area contributed by atoms with Gasteiger partial charge in [-0.25, -0.2) is 4.98 Å². The third-order valence-electron chi connectivity index (χ3n) is 16.7. The van der Waals surface area contributed by atoms with E-state index < -0.39 is 12.1 Å². The molecule has 4 aromatic carbocycles. The van der Waals surface area contributed by atoms with E-state index in [-0.39, 0.29) is 30.2 Å². The van der Waals surface area contributed by atoms with Crippen LogP contribution in [0.3, 0.4) is 0 Å². The van der Waals surface area contributed by atoms with Gasteiger partial charge in [-0.3, -0.25) is 19.7 Å². The van der Waals surface area contributed by atoms with Gasteiger partial charge in [-0.2, -0.15) is 20.2 Å². The number of thiazole rings is 1. The molecule has 1 saturated carbocycles. The van der Waals surface area contributed by atoms with E-state index in [2.05, 4.69) is 90.8 Å². The highest BCUT2D eigenvalue weighted by molar-refractivity contribution is 7.13. The van der Waals surface area contributed by atoms with Gasteiger partial charge >= 0.3 is 6.01 Å². The lowest BCUT2D eigenvalue weighted by atomic mass is 9.90. The van der Waals surface area contributed by atoms with Crippen LogP contribution in [0.2, 0.25) is 0 Å². The molecule has 85 heavy (non-hydrogen) atoms. The quantitative estimate of drug-likeness (QED) is 0.0272.